The van der Waals surface area contributed by atoms with E-state index >= 15 is 0 Å². The third kappa shape index (κ3) is 4.42. The first-order chi connectivity index (χ1) is 14.0. The van der Waals surface area contributed by atoms with Crippen LogP contribution in [-0.2, 0) is 9.59 Å². The Balaban J connectivity index is 1.33. The first kappa shape index (κ1) is 19.1. The molecule has 0 radical (unpaired) electrons. The van der Waals surface area contributed by atoms with Crippen LogP contribution >= 0.6 is 0 Å². The number of nitrogens with one attached hydrogen (secondary N) is 2. The van der Waals surface area contributed by atoms with Crippen LogP contribution in [0.25, 0.3) is 11.0 Å². The van der Waals surface area contributed by atoms with Crippen molar-refractivity contribution in [3.05, 3.63) is 59.9 Å². The van der Waals surface area contributed by atoms with Crippen molar-refractivity contribution in [1.82, 2.24) is 5.32 Å². The van der Waals surface area contributed by atoms with Crippen molar-refractivity contribution in [2.24, 2.45) is 5.92 Å². The molecule has 1 aromatic heterocycles. The SMILES string of the molecule is Cc1c([C@H](C)NC(=O)COc2cccc(NC(=O)C3CC3)c2)oc2ccccc12. The van der Waals surface area contributed by atoms with Crippen LogP contribution in [0.2, 0.25) is 0 Å². The van der Waals surface area contributed by atoms with Crippen LogP contribution in [0.5, 0.6) is 5.75 Å². The van der Waals surface area contributed by atoms with Gasteiger partial charge in [0.2, 0.25) is 5.91 Å². The highest BCUT2D eigenvalue weighted by Crippen LogP contribution is 2.31. The van der Waals surface area contributed by atoms with E-state index in [1.54, 1.807) is 24.3 Å². The van der Waals surface area contributed by atoms with Crippen molar-refractivity contribution < 1.29 is 18.7 Å². The molecule has 1 atom stereocenters. The number of para-hydroxylation sites is 1. The first-order valence-electron chi connectivity index (χ1n) is 9.82. The van der Waals surface area contributed by atoms with Crippen LogP contribution in [0, 0.1) is 12.8 Å². The van der Waals surface area contributed by atoms with Crippen LogP contribution in [0.3, 0.4) is 0 Å². The summed E-state index contributed by atoms with van der Waals surface area (Å²) < 4.78 is 11.5. The van der Waals surface area contributed by atoms with Crippen LogP contribution in [0.15, 0.2) is 52.9 Å². The number of furan rings is 1. The molecule has 1 saturated carbocycles. The van der Waals surface area contributed by atoms with Crippen molar-refractivity contribution in [3.8, 4) is 5.75 Å². The number of amides is 2. The Morgan fingerprint density at radius 2 is 1.97 bits per heavy atom. The van der Waals surface area contributed by atoms with Crippen LogP contribution in [-0.4, -0.2) is 18.4 Å². The average molecular weight is 392 g/mol. The predicted octanol–water partition coefficient (Wildman–Crippen LogP) is 4.35. The van der Waals surface area contributed by atoms with Crippen LogP contribution < -0.4 is 15.4 Å². The van der Waals surface area contributed by atoms with E-state index in [2.05, 4.69) is 10.6 Å². The summed E-state index contributed by atoms with van der Waals surface area (Å²) >= 11 is 0. The van der Waals surface area contributed by atoms with Gasteiger partial charge in [0.25, 0.3) is 5.91 Å². The quantitative estimate of drug-likeness (QED) is 0.627. The zero-order chi connectivity index (χ0) is 20.4. The fourth-order valence-electron chi connectivity index (χ4n) is 3.36. The van der Waals surface area contributed by atoms with Gasteiger partial charge in [0.15, 0.2) is 6.61 Å². The second-order valence-corrected chi connectivity index (χ2v) is 7.46. The summed E-state index contributed by atoms with van der Waals surface area (Å²) in [5.41, 5.74) is 2.50. The van der Waals surface area contributed by atoms with Gasteiger partial charge in [0.1, 0.15) is 17.1 Å². The first-order valence-corrected chi connectivity index (χ1v) is 9.82. The lowest BCUT2D eigenvalue weighted by Gasteiger charge is -2.13. The third-order valence-corrected chi connectivity index (χ3v) is 5.07. The van der Waals surface area contributed by atoms with E-state index < -0.39 is 0 Å². The molecule has 6 nitrogen and oxygen atoms in total. The molecule has 0 spiro atoms. The highest BCUT2D eigenvalue weighted by molar-refractivity contribution is 5.94. The lowest BCUT2D eigenvalue weighted by molar-refractivity contribution is -0.124. The Labute approximate surface area is 169 Å². The van der Waals surface area contributed by atoms with Crippen molar-refractivity contribution in [2.45, 2.75) is 32.7 Å². The van der Waals surface area contributed by atoms with Crippen molar-refractivity contribution in [3.63, 3.8) is 0 Å². The molecule has 29 heavy (non-hydrogen) atoms. The summed E-state index contributed by atoms with van der Waals surface area (Å²) in [4.78, 5) is 24.2. The number of benzene rings is 2. The predicted molar refractivity (Wildman–Crippen MR) is 111 cm³/mol. The maximum Gasteiger partial charge on any atom is 0.258 e. The summed E-state index contributed by atoms with van der Waals surface area (Å²) in [6, 6.07) is 14.6. The third-order valence-electron chi connectivity index (χ3n) is 5.07. The Morgan fingerprint density at radius 1 is 1.17 bits per heavy atom. The van der Waals surface area contributed by atoms with Crippen LogP contribution in [0.4, 0.5) is 5.69 Å². The van der Waals surface area contributed by atoms with Gasteiger partial charge < -0.3 is 19.8 Å². The minimum atomic E-state index is -0.275. The largest absolute Gasteiger partial charge is 0.484 e. The Hall–Kier alpha value is -3.28. The number of ether oxygens (including phenoxy) is 1. The van der Waals surface area contributed by atoms with E-state index in [0.717, 1.165) is 35.1 Å². The molecule has 6 heteroatoms. The fourth-order valence-corrected chi connectivity index (χ4v) is 3.36. The Kier molecular flexibility index (Phi) is 5.25. The average Bonchev–Trinajstić information content (AvgIpc) is 3.51. The number of hydrogen-bond acceptors (Lipinski definition) is 4. The van der Waals surface area contributed by atoms with Gasteiger partial charge in [-0.15, -0.1) is 0 Å². The molecule has 2 amide bonds. The van der Waals surface area contributed by atoms with Gasteiger partial charge in [-0.3, -0.25) is 9.59 Å². The van der Waals surface area contributed by atoms with Gasteiger partial charge in [-0.2, -0.15) is 0 Å². The zero-order valence-electron chi connectivity index (χ0n) is 16.5. The van der Waals surface area contributed by atoms with Gasteiger partial charge >= 0.3 is 0 Å². The molecule has 0 aliphatic heterocycles. The molecule has 2 aromatic carbocycles. The normalized spacial score (nSPS) is 14.4. The molecule has 1 aliphatic carbocycles. The summed E-state index contributed by atoms with van der Waals surface area (Å²) in [7, 11) is 0. The molecule has 3 aromatic rings. The van der Waals surface area contributed by atoms with Gasteiger partial charge in [-0.05, 0) is 44.9 Å². The number of fused-ring (bicyclic) bond motifs is 1. The molecule has 2 N–H and O–H groups in total. The Morgan fingerprint density at radius 3 is 2.72 bits per heavy atom. The van der Waals surface area contributed by atoms with E-state index in [0.29, 0.717) is 11.4 Å². The van der Waals surface area contributed by atoms with Crippen LogP contribution in [0.1, 0.15) is 37.1 Å². The summed E-state index contributed by atoms with van der Waals surface area (Å²) in [5, 5.41) is 6.83. The molecule has 0 bridgehead atoms. The van der Waals surface area contributed by atoms with Crippen molar-refractivity contribution in [2.75, 3.05) is 11.9 Å². The molecule has 1 heterocycles. The minimum absolute atomic E-state index is 0.0370. The minimum Gasteiger partial charge on any atom is -0.484 e. The van der Waals surface area contributed by atoms with Crippen molar-refractivity contribution in [1.29, 1.82) is 0 Å². The standard InChI is InChI=1S/C23H24N2O4/c1-14-19-8-3-4-9-20(19)29-22(14)15(2)24-21(26)13-28-18-7-5-6-17(12-18)25-23(27)16-10-11-16/h3-9,12,15-16H,10-11,13H2,1-2H3,(H,24,26)(H,25,27)/t15-/m0/s1. The lowest BCUT2D eigenvalue weighted by atomic mass is 10.1. The van der Waals surface area contributed by atoms with E-state index in [1.165, 1.54) is 0 Å². The number of rotatable bonds is 7. The smallest absolute Gasteiger partial charge is 0.258 e. The maximum absolute atomic E-state index is 12.3. The number of hydrogen-bond donors (Lipinski definition) is 2. The number of carbonyl (C=O) groups excluding carboxylic acids is 2. The lowest BCUT2D eigenvalue weighted by Crippen LogP contribution is -2.31. The zero-order valence-corrected chi connectivity index (χ0v) is 16.5. The highest BCUT2D eigenvalue weighted by atomic mass is 16.5. The molecule has 1 aliphatic rings. The van der Waals surface area contributed by atoms with Gasteiger partial charge in [0, 0.05) is 28.6 Å². The molecule has 0 unspecified atom stereocenters. The summed E-state index contributed by atoms with van der Waals surface area (Å²) in [6.07, 6.45) is 1.90. The second-order valence-electron chi connectivity index (χ2n) is 7.46. The molecule has 0 saturated heterocycles. The monoisotopic (exact) mass is 392 g/mol. The maximum atomic E-state index is 12.3. The molecular weight excluding hydrogens is 368 g/mol. The van der Waals surface area contributed by atoms with E-state index in [-0.39, 0.29) is 30.4 Å². The molecular formula is C23H24N2O4. The summed E-state index contributed by atoms with van der Waals surface area (Å²) in [5.74, 6) is 1.19. The Bertz CT molecular complexity index is 1050. The number of aryl methyl sites for hydroxylation is 1. The van der Waals surface area contributed by atoms with Gasteiger partial charge in [0.05, 0.1) is 6.04 Å². The van der Waals surface area contributed by atoms with Gasteiger partial charge in [-0.25, -0.2) is 0 Å². The van der Waals surface area contributed by atoms with E-state index in [1.807, 2.05) is 38.1 Å². The highest BCUT2D eigenvalue weighted by Gasteiger charge is 2.29. The molecule has 4 rings (SSSR count). The summed E-state index contributed by atoms with van der Waals surface area (Å²) in [6.45, 7) is 3.75. The van der Waals surface area contributed by atoms with E-state index in [4.69, 9.17) is 9.15 Å². The van der Waals surface area contributed by atoms with Gasteiger partial charge in [-0.1, -0.05) is 24.3 Å². The number of anilines is 1. The fraction of sp³-hybridized carbons (Fsp3) is 0.304. The van der Waals surface area contributed by atoms with Crippen molar-refractivity contribution >= 4 is 28.5 Å². The molecule has 150 valence electrons. The second kappa shape index (κ2) is 7.99. The topological polar surface area (TPSA) is 80.6 Å². The van der Waals surface area contributed by atoms with E-state index in [9.17, 15) is 9.59 Å². The molecule has 1 fully saturated rings. The number of carbonyl (C=O) groups is 2.